The first-order chi connectivity index (χ1) is 16.5. The normalized spacial score (nSPS) is 12.2. The molecule has 0 unspecified atom stereocenters. The van der Waals surface area contributed by atoms with Crippen LogP contribution in [0, 0.1) is 0 Å². The fraction of sp³-hybridized carbons (Fsp3) is 0.292. The fourth-order valence-electron chi connectivity index (χ4n) is 3.92. The van der Waals surface area contributed by atoms with Crippen molar-refractivity contribution in [3.05, 3.63) is 70.4 Å². The lowest BCUT2D eigenvalue weighted by Crippen LogP contribution is -2.21. The number of carbonyl (C=O) groups is 2. The summed E-state index contributed by atoms with van der Waals surface area (Å²) in [4.78, 5) is 20.8. The molecule has 0 spiro atoms. The summed E-state index contributed by atoms with van der Waals surface area (Å²) in [6, 6.07) is 13.7. The first kappa shape index (κ1) is 25.8. The number of phenols is 1. The Bertz CT molecular complexity index is 1220. The van der Waals surface area contributed by atoms with Crippen LogP contribution < -0.4 is 5.73 Å². The lowest BCUT2D eigenvalue weighted by molar-refractivity contribution is -0.192. The molecule has 0 saturated carbocycles. The van der Waals surface area contributed by atoms with Crippen molar-refractivity contribution in [2.45, 2.75) is 38.4 Å². The third-order valence-electron chi connectivity index (χ3n) is 5.51. The summed E-state index contributed by atoms with van der Waals surface area (Å²) in [6.07, 6.45) is -2.52. The first-order valence-corrected chi connectivity index (χ1v) is 10.7. The number of fused-ring (bicyclic) bond motifs is 3. The van der Waals surface area contributed by atoms with E-state index in [1.54, 1.807) is 10.7 Å². The van der Waals surface area contributed by atoms with Gasteiger partial charge in [-0.05, 0) is 54.6 Å². The van der Waals surface area contributed by atoms with Crippen LogP contribution in [0.25, 0.3) is 11.3 Å². The number of aryl methyl sites for hydroxylation is 2. The van der Waals surface area contributed by atoms with Crippen molar-refractivity contribution in [1.82, 2.24) is 9.78 Å². The maximum atomic E-state index is 11.9. The highest BCUT2D eigenvalue weighted by Crippen LogP contribution is 2.38. The number of aromatic hydroxyl groups is 1. The second-order valence-electron chi connectivity index (χ2n) is 7.95. The van der Waals surface area contributed by atoms with Crippen molar-refractivity contribution in [3.63, 3.8) is 0 Å². The van der Waals surface area contributed by atoms with E-state index in [0.717, 1.165) is 27.8 Å². The van der Waals surface area contributed by atoms with Gasteiger partial charge >= 0.3 is 18.1 Å². The van der Waals surface area contributed by atoms with E-state index in [1.165, 1.54) is 0 Å². The minimum Gasteiger partial charge on any atom is -0.508 e. The molecule has 1 heterocycles. The maximum absolute atomic E-state index is 11.9. The Balaban J connectivity index is 0.000000429. The SMILES string of the molecule is NCCCn1nc2c(c1C(=O)O)CCc1cc(O)c(Cc3ccccc3)cc1-2.O=C(O)C(F)(F)F. The molecule has 8 nitrogen and oxygen atoms in total. The molecule has 35 heavy (non-hydrogen) atoms. The van der Waals surface area contributed by atoms with Crippen LogP contribution in [0.3, 0.4) is 0 Å². The highest BCUT2D eigenvalue weighted by Gasteiger charge is 2.38. The summed E-state index contributed by atoms with van der Waals surface area (Å²) in [5.74, 6) is -3.45. The molecule has 0 atom stereocenters. The smallest absolute Gasteiger partial charge is 0.490 e. The Morgan fingerprint density at radius 1 is 1.09 bits per heavy atom. The highest BCUT2D eigenvalue weighted by atomic mass is 19.4. The van der Waals surface area contributed by atoms with Crippen LogP contribution in [-0.2, 0) is 30.6 Å². The van der Waals surface area contributed by atoms with Gasteiger partial charge in [0.15, 0.2) is 0 Å². The number of halogens is 3. The van der Waals surface area contributed by atoms with E-state index >= 15 is 0 Å². The molecule has 4 rings (SSSR count). The van der Waals surface area contributed by atoms with Crippen LogP contribution in [-0.4, -0.2) is 49.8 Å². The minimum absolute atomic E-state index is 0.256. The summed E-state index contributed by atoms with van der Waals surface area (Å²) in [6.45, 7) is 0.963. The van der Waals surface area contributed by atoms with Crippen LogP contribution in [0.2, 0.25) is 0 Å². The first-order valence-electron chi connectivity index (χ1n) is 10.7. The monoisotopic (exact) mass is 491 g/mol. The number of nitrogens with two attached hydrogens (primary N) is 1. The fourth-order valence-corrected chi connectivity index (χ4v) is 3.92. The molecule has 2 aromatic carbocycles. The predicted octanol–water partition coefficient (Wildman–Crippen LogP) is 3.63. The van der Waals surface area contributed by atoms with E-state index in [4.69, 9.17) is 15.6 Å². The number of aromatic carboxylic acids is 1. The Hall–Kier alpha value is -3.86. The van der Waals surface area contributed by atoms with E-state index < -0.39 is 18.1 Å². The van der Waals surface area contributed by atoms with Crippen molar-refractivity contribution in [2.24, 2.45) is 5.73 Å². The molecule has 186 valence electrons. The van der Waals surface area contributed by atoms with Gasteiger partial charge in [0.2, 0.25) is 0 Å². The standard InChI is InChI=1S/C22H23N3O3.C2HF3O2/c23-9-4-10-25-21(22(27)28)17-8-7-15-13-19(26)16(12-18(15)20(17)24-25)11-14-5-2-1-3-6-14;3-2(4,5)1(6)7/h1-3,5-6,12-13,26H,4,7-11,23H2,(H,27,28);(H,6,7). The van der Waals surface area contributed by atoms with E-state index in [1.807, 2.05) is 36.4 Å². The average Bonchev–Trinajstić information content (AvgIpc) is 3.18. The van der Waals surface area contributed by atoms with Gasteiger partial charge in [-0.15, -0.1) is 0 Å². The molecule has 0 saturated heterocycles. The van der Waals surface area contributed by atoms with Gasteiger partial charge in [-0.3, -0.25) is 4.68 Å². The topological polar surface area (TPSA) is 139 Å². The van der Waals surface area contributed by atoms with Crippen LogP contribution >= 0.6 is 0 Å². The van der Waals surface area contributed by atoms with Gasteiger partial charge in [0.05, 0.1) is 5.69 Å². The number of carboxylic acid groups (broad SMARTS) is 2. The zero-order chi connectivity index (χ0) is 25.8. The van der Waals surface area contributed by atoms with Gasteiger partial charge in [0.1, 0.15) is 11.4 Å². The molecule has 0 amide bonds. The van der Waals surface area contributed by atoms with E-state index in [9.17, 15) is 28.2 Å². The second-order valence-corrected chi connectivity index (χ2v) is 7.95. The summed E-state index contributed by atoms with van der Waals surface area (Å²) in [5.41, 5.74) is 11.2. The van der Waals surface area contributed by atoms with Crippen LogP contribution in [0.15, 0.2) is 42.5 Å². The number of benzene rings is 2. The lowest BCUT2D eigenvalue weighted by atomic mass is 9.86. The van der Waals surface area contributed by atoms with Crippen LogP contribution in [0.5, 0.6) is 5.75 Å². The van der Waals surface area contributed by atoms with Gasteiger partial charge in [-0.25, -0.2) is 9.59 Å². The van der Waals surface area contributed by atoms with Gasteiger partial charge in [-0.1, -0.05) is 30.3 Å². The summed E-state index contributed by atoms with van der Waals surface area (Å²) in [5, 5.41) is 32.0. The quantitative estimate of drug-likeness (QED) is 0.413. The number of nitrogens with zero attached hydrogens (tertiary/aromatic N) is 2. The molecule has 1 aliphatic carbocycles. The molecule has 0 radical (unpaired) electrons. The van der Waals surface area contributed by atoms with E-state index in [2.05, 4.69) is 5.10 Å². The third-order valence-corrected chi connectivity index (χ3v) is 5.51. The van der Waals surface area contributed by atoms with Crippen LogP contribution in [0.1, 0.15) is 39.2 Å². The number of hydrogen-bond donors (Lipinski definition) is 4. The number of alkyl halides is 3. The molecular formula is C24H24F3N3O5. The zero-order valence-corrected chi connectivity index (χ0v) is 18.5. The molecule has 5 N–H and O–H groups in total. The Morgan fingerprint density at radius 3 is 2.31 bits per heavy atom. The molecule has 0 aliphatic heterocycles. The van der Waals surface area contributed by atoms with Crippen molar-refractivity contribution in [2.75, 3.05) is 6.54 Å². The number of phenolic OH excluding ortho intramolecular Hbond substituents is 1. The second kappa shape index (κ2) is 10.6. The van der Waals surface area contributed by atoms with Gasteiger partial charge in [0.25, 0.3) is 0 Å². The van der Waals surface area contributed by atoms with Gasteiger partial charge in [-0.2, -0.15) is 18.3 Å². The van der Waals surface area contributed by atoms with Gasteiger partial charge in [0, 0.05) is 24.1 Å². The Morgan fingerprint density at radius 2 is 1.74 bits per heavy atom. The minimum atomic E-state index is -5.08. The van der Waals surface area contributed by atoms with Gasteiger partial charge < -0.3 is 21.1 Å². The number of rotatable bonds is 6. The summed E-state index contributed by atoms with van der Waals surface area (Å²) < 4.78 is 33.3. The van der Waals surface area contributed by atoms with Crippen molar-refractivity contribution in [3.8, 4) is 17.0 Å². The van der Waals surface area contributed by atoms with Crippen molar-refractivity contribution in [1.29, 1.82) is 0 Å². The molecule has 1 aromatic heterocycles. The molecular weight excluding hydrogens is 467 g/mol. The molecule has 11 heteroatoms. The lowest BCUT2D eigenvalue weighted by Gasteiger charge is -2.18. The maximum Gasteiger partial charge on any atom is 0.490 e. The van der Waals surface area contributed by atoms with Crippen LogP contribution in [0.4, 0.5) is 13.2 Å². The van der Waals surface area contributed by atoms with Crippen molar-refractivity contribution < 1.29 is 38.1 Å². The zero-order valence-electron chi connectivity index (χ0n) is 18.5. The number of carboxylic acids is 2. The Kier molecular flexibility index (Phi) is 7.80. The number of aromatic nitrogens is 2. The number of hydrogen-bond acceptors (Lipinski definition) is 5. The summed E-state index contributed by atoms with van der Waals surface area (Å²) >= 11 is 0. The Labute approximate surface area is 198 Å². The van der Waals surface area contributed by atoms with Crippen molar-refractivity contribution >= 4 is 11.9 Å². The average molecular weight is 491 g/mol. The molecule has 3 aromatic rings. The highest BCUT2D eigenvalue weighted by molar-refractivity contribution is 5.91. The largest absolute Gasteiger partial charge is 0.508 e. The van der Waals surface area contributed by atoms with E-state index in [-0.39, 0.29) is 11.4 Å². The number of aliphatic carboxylic acids is 1. The predicted molar refractivity (Wildman–Crippen MR) is 120 cm³/mol. The third kappa shape index (κ3) is 5.99. The molecule has 0 bridgehead atoms. The molecule has 0 fully saturated rings. The van der Waals surface area contributed by atoms with E-state index in [0.29, 0.717) is 44.5 Å². The summed E-state index contributed by atoms with van der Waals surface area (Å²) in [7, 11) is 0. The molecule has 1 aliphatic rings.